The molecule has 4 N–H and O–H groups in total. The van der Waals surface area contributed by atoms with Crippen molar-refractivity contribution in [1.82, 2.24) is 0 Å². The Morgan fingerprint density at radius 2 is 0.833 bits per heavy atom. The van der Waals surface area contributed by atoms with Gasteiger partial charge in [0.2, 0.25) is 0 Å². The van der Waals surface area contributed by atoms with E-state index >= 15 is 0 Å². The van der Waals surface area contributed by atoms with Crippen LogP contribution in [0.1, 0.15) is 0 Å². The van der Waals surface area contributed by atoms with Crippen LogP contribution in [0, 0.1) is 0 Å². The minimum Gasteiger partial charge on any atom is -0.389 e. The highest BCUT2D eigenvalue weighted by Gasteiger charge is 2.47. The summed E-state index contributed by atoms with van der Waals surface area (Å²) in [6, 6.07) is 0. The highest BCUT2D eigenvalue weighted by atomic mass is 35.5. The van der Waals surface area contributed by atoms with Gasteiger partial charge in [0.1, 0.15) is 24.4 Å². The van der Waals surface area contributed by atoms with Crippen LogP contribution in [0.5, 0.6) is 0 Å². The van der Waals surface area contributed by atoms with Crippen LogP contribution >= 0.6 is 23.2 Å². The van der Waals surface area contributed by atoms with Gasteiger partial charge in [-0.25, -0.2) is 0 Å². The van der Waals surface area contributed by atoms with E-state index in [4.69, 9.17) is 43.6 Å². The number of rotatable bonds is 0. The van der Waals surface area contributed by atoms with Crippen LogP contribution in [0.25, 0.3) is 0 Å². The number of hydrogen-bond acceptors (Lipinski definition) is 4. The van der Waals surface area contributed by atoms with Crippen molar-refractivity contribution < 1.29 is 20.4 Å². The molecule has 0 heterocycles. The van der Waals surface area contributed by atoms with Gasteiger partial charge in [-0.2, -0.15) is 0 Å². The lowest BCUT2D eigenvalue weighted by Gasteiger charge is -2.38. The normalized spacial score (nSPS) is 55.5. The Morgan fingerprint density at radius 1 is 0.583 bits per heavy atom. The lowest BCUT2D eigenvalue weighted by molar-refractivity contribution is -0.131. The Morgan fingerprint density at radius 3 is 1.08 bits per heavy atom. The topological polar surface area (TPSA) is 80.9 Å². The molecular formula is C6H10Cl2O4. The number of aliphatic hydroxyl groups is 4. The van der Waals surface area contributed by atoms with E-state index in [0.717, 1.165) is 0 Å². The zero-order valence-electron chi connectivity index (χ0n) is 6.01. The summed E-state index contributed by atoms with van der Waals surface area (Å²) in [5.74, 6) is 0. The molecule has 0 aromatic heterocycles. The number of halogens is 2. The third kappa shape index (κ3) is 1.55. The number of hydrogen-bond donors (Lipinski definition) is 4. The van der Waals surface area contributed by atoms with Gasteiger partial charge < -0.3 is 20.4 Å². The molecule has 6 heteroatoms. The van der Waals surface area contributed by atoms with Gasteiger partial charge in [0.05, 0.1) is 10.8 Å². The maximum atomic E-state index is 9.17. The minimum atomic E-state index is -1.45. The number of alkyl halides is 2. The fourth-order valence-electron chi connectivity index (χ4n) is 1.16. The average molecular weight is 217 g/mol. The van der Waals surface area contributed by atoms with Gasteiger partial charge in [-0.3, -0.25) is 0 Å². The Labute approximate surface area is 79.3 Å². The largest absolute Gasteiger partial charge is 0.389 e. The van der Waals surface area contributed by atoms with Crippen molar-refractivity contribution in [3.8, 4) is 0 Å². The van der Waals surface area contributed by atoms with Gasteiger partial charge in [0.15, 0.2) is 0 Å². The van der Waals surface area contributed by atoms with Crippen molar-refractivity contribution in [2.24, 2.45) is 0 Å². The summed E-state index contributed by atoms with van der Waals surface area (Å²) >= 11 is 11.1. The molecule has 0 aromatic rings. The predicted molar refractivity (Wildman–Crippen MR) is 43.3 cm³/mol. The van der Waals surface area contributed by atoms with Crippen molar-refractivity contribution in [2.75, 3.05) is 0 Å². The molecule has 0 aromatic carbocycles. The first-order chi connectivity index (χ1) is 5.46. The van der Waals surface area contributed by atoms with Crippen molar-refractivity contribution in [2.45, 2.75) is 35.2 Å². The van der Waals surface area contributed by atoms with Gasteiger partial charge >= 0.3 is 0 Å². The van der Waals surface area contributed by atoms with Gasteiger partial charge in [0.25, 0.3) is 0 Å². The standard InChI is InChI=1S/C6H10Cl2O4/c7-1-2(8)4(10)6(12)5(11)3(1)9/h1-6,9-12H/t1-,2+,3-,4-,5+,6+/m0/s1. The number of aliphatic hydroxyl groups excluding tert-OH is 4. The highest BCUT2D eigenvalue weighted by Crippen LogP contribution is 2.28. The van der Waals surface area contributed by atoms with Crippen LogP contribution in [0.2, 0.25) is 0 Å². The Kier molecular flexibility index (Phi) is 3.20. The minimum absolute atomic E-state index is 0.958. The second kappa shape index (κ2) is 3.65. The van der Waals surface area contributed by atoms with Crippen LogP contribution < -0.4 is 0 Å². The molecule has 1 aliphatic carbocycles. The van der Waals surface area contributed by atoms with E-state index in [2.05, 4.69) is 0 Å². The monoisotopic (exact) mass is 216 g/mol. The van der Waals surface area contributed by atoms with Gasteiger partial charge in [-0.05, 0) is 0 Å². The second-order valence-corrected chi connectivity index (χ2v) is 3.86. The van der Waals surface area contributed by atoms with Crippen LogP contribution in [0.15, 0.2) is 0 Å². The third-order valence-electron chi connectivity index (χ3n) is 2.01. The predicted octanol–water partition coefficient (Wildman–Crippen LogP) is -1.34. The van der Waals surface area contributed by atoms with E-state index in [0.29, 0.717) is 0 Å². The molecule has 0 spiro atoms. The Hall–Kier alpha value is 0.420. The van der Waals surface area contributed by atoms with Crippen LogP contribution in [-0.2, 0) is 0 Å². The maximum absolute atomic E-state index is 9.17. The van der Waals surface area contributed by atoms with E-state index in [9.17, 15) is 0 Å². The quantitative estimate of drug-likeness (QED) is 0.378. The van der Waals surface area contributed by atoms with Crippen molar-refractivity contribution in [3.05, 3.63) is 0 Å². The fourth-order valence-corrected chi connectivity index (χ4v) is 1.75. The molecule has 1 aliphatic rings. The molecule has 0 amide bonds. The van der Waals surface area contributed by atoms with Crippen LogP contribution in [0.4, 0.5) is 0 Å². The smallest absolute Gasteiger partial charge is 0.110 e. The van der Waals surface area contributed by atoms with Crippen molar-refractivity contribution in [3.63, 3.8) is 0 Å². The zero-order chi connectivity index (χ0) is 9.46. The molecule has 0 unspecified atom stereocenters. The summed E-state index contributed by atoms with van der Waals surface area (Å²) in [4.78, 5) is 0. The first-order valence-corrected chi connectivity index (χ1v) is 4.34. The summed E-state index contributed by atoms with van der Waals surface area (Å²) < 4.78 is 0. The zero-order valence-corrected chi connectivity index (χ0v) is 7.52. The molecule has 72 valence electrons. The molecule has 0 saturated heterocycles. The van der Waals surface area contributed by atoms with Gasteiger partial charge in [-0.15, -0.1) is 23.2 Å². The Bertz CT molecular complexity index is 109. The molecule has 1 saturated carbocycles. The van der Waals surface area contributed by atoms with E-state index in [1.54, 1.807) is 0 Å². The van der Waals surface area contributed by atoms with Crippen LogP contribution in [0.3, 0.4) is 0 Å². The molecule has 0 bridgehead atoms. The Balaban J connectivity index is 2.76. The molecule has 12 heavy (non-hydrogen) atoms. The van der Waals surface area contributed by atoms with Crippen LogP contribution in [-0.4, -0.2) is 55.6 Å². The lowest BCUT2D eigenvalue weighted by atomic mass is 9.89. The maximum Gasteiger partial charge on any atom is 0.110 e. The fraction of sp³-hybridized carbons (Fsp3) is 1.00. The molecule has 0 aliphatic heterocycles. The molecule has 6 atom stereocenters. The molecule has 1 fully saturated rings. The van der Waals surface area contributed by atoms with Crippen molar-refractivity contribution in [1.29, 1.82) is 0 Å². The summed E-state index contributed by atoms with van der Waals surface area (Å²) in [5, 5.41) is 34.6. The third-order valence-corrected chi connectivity index (χ3v) is 3.19. The summed E-state index contributed by atoms with van der Waals surface area (Å²) in [6.07, 6.45) is -5.52. The first kappa shape index (κ1) is 10.5. The van der Waals surface area contributed by atoms with E-state index < -0.39 is 35.2 Å². The second-order valence-electron chi connectivity index (χ2n) is 2.85. The first-order valence-electron chi connectivity index (χ1n) is 3.47. The van der Waals surface area contributed by atoms with Gasteiger partial charge in [0, 0.05) is 0 Å². The summed E-state index contributed by atoms with van der Waals surface area (Å²) in [6.45, 7) is 0. The van der Waals surface area contributed by atoms with E-state index in [-0.39, 0.29) is 0 Å². The molecule has 4 nitrogen and oxygen atoms in total. The molecule has 0 radical (unpaired) electrons. The summed E-state index contributed by atoms with van der Waals surface area (Å²) in [7, 11) is 0. The lowest BCUT2D eigenvalue weighted by Crippen LogP contribution is -2.60. The average Bonchev–Trinajstić information content (AvgIpc) is 2.08. The molecule has 1 rings (SSSR count). The highest BCUT2D eigenvalue weighted by molar-refractivity contribution is 6.30. The van der Waals surface area contributed by atoms with E-state index in [1.807, 2.05) is 0 Å². The summed E-state index contributed by atoms with van der Waals surface area (Å²) in [5.41, 5.74) is 0. The molecular weight excluding hydrogens is 207 g/mol. The van der Waals surface area contributed by atoms with E-state index in [1.165, 1.54) is 0 Å². The SMILES string of the molecule is O[C@H]1[C@H](O)[C@@H](O)[C@H](Cl)[C@H](Cl)[C@@H]1O. The van der Waals surface area contributed by atoms with Gasteiger partial charge in [-0.1, -0.05) is 0 Å². The van der Waals surface area contributed by atoms with Crippen molar-refractivity contribution >= 4 is 23.2 Å².